The number of rotatable bonds is 1. The molecule has 62 valence electrons. The lowest BCUT2D eigenvalue weighted by Gasteiger charge is -2.09. The second kappa shape index (κ2) is 4.69. The van der Waals surface area contributed by atoms with E-state index in [0.29, 0.717) is 5.92 Å². The van der Waals surface area contributed by atoms with Crippen LogP contribution in [0.5, 0.6) is 0 Å². The van der Waals surface area contributed by atoms with E-state index in [1.165, 1.54) is 24.6 Å². The standard InChI is InChI=1S/C9H14OS/c1-11-7-6-9(10)8-4-2-3-5-8/h8-10H,2-5H2,1H3/i1T. The molecule has 1 N–H and O–H groups in total. The van der Waals surface area contributed by atoms with Gasteiger partial charge in [-0.2, -0.15) is 0 Å². The van der Waals surface area contributed by atoms with Crippen LogP contribution in [0, 0.1) is 17.1 Å². The predicted molar refractivity (Wildman–Crippen MR) is 49.3 cm³/mol. The van der Waals surface area contributed by atoms with E-state index in [1.54, 1.807) is 0 Å². The molecule has 0 aliphatic heterocycles. The Morgan fingerprint density at radius 1 is 1.64 bits per heavy atom. The lowest BCUT2D eigenvalue weighted by atomic mass is 10.0. The minimum Gasteiger partial charge on any atom is -0.380 e. The molecule has 2 heteroatoms. The third-order valence-corrected chi connectivity index (χ3v) is 2.39. The zero-order valence-electron chi connectivity index (χ0n) is 7.55. The molecule has 1 nitrogen and oxygen atoms in total. The van der Waals surface area contributed by atoms with Crippen LogP contribution in [0.25, 0.3) is 0 Å². The second-order valence-corrected chi connectivity index (χ2v) is 3.37. The van der Waals surface area contributed by atoms with Crippen molar-refractivity contribution in [3.8, 4) is 11.2 Å². The first-order valence-corrected chi connectivity index (χ1v) is 4.93. The van der Waals surface area contributed by atoms with Crippen LogP contribution in [0.2, 0.25) is 0 Å². The van der Waals surface area contributed by atoms with Crippen molar-refractivity contribution in [1.29, 1.82) is 0 Å². The molecule has 1 fully saturated rings. The third kappa shape index (κ3) is 2.76. The van der Waals surface area contributed by atoms with Gasteiger partial charge in [-0.15, -0.1) is 0 Å². The Morgan fingerprint density at radius 3 is 3.00 bits per heavy atom. The number of thioether (sulfide) groups is 1. The fraction of sp³-hybridized carbons (Fsp3) is 0.778. The Kier molecular flexibility index (Phi) is 3.20. The van der Waals surface area contributed by atoms with Crippen LogP contribution in [-0.2, 0) is 0 Å². The monoisotopic (exact) mass is 172 g/mol. The molecule has 0 aromatic carbocycles. The van der Waals surface area contributed by atoms with Crippen molar-refractivity contribution in [1.82, 2.24) is 0 Å². The summed E-state index contributed by atoms with van der Waals surface area (Å²) in [5, 5.41) is 12.3. The van der Waals surface area contributed by atoms with Crippen molar-refractivity contribution in [2.24, 2.45) is 5.92 Å². The van der Waals surface area contributed by atoms with E-state index < -0.39 is 6.10 Å². The first-order chi connectivity index (χ1) is 5.84. The average molecular weight is 172 g/mol. The van der Waals surface area contributed by atoms with Crippen molar-refractivity contribution in [2.45, 2.75) is 31.8 Å². The van der Waals surface area contributed by atoms with E-state index in [1.807, 2.05) is 0 Å². The fourth-order valence-corrected chi connectivity index (χ4v) is 1.70. The van der Waals surface area contributed by atoms with E-state index in [2.05, 4.69) is 11.2 Å². The first-order valence-electron chi connectivity index (χ1n) is 4.65. The lowest BCUT2D eigenvalue weighted by Crippen LogP contribution is -2.14. The second-order valence-electron chi connectivity index (χ2n) is 2.88. The molecule has 1 saturated carbocycles. The molecule has 0 saturated heterocycles. The largest absolute Gasteiger partial charge is 0.380 e. The molecular formula is C9H14OS. The molecule has 0 heterocycles. The molecule has 1 unspecified atom stereocenters. The zero-order valence-corrected chi connectivity index (χ0v) is 7.36. The van der Waals surface area contributed by atoms with Gasteiger partial charge in [0.25, 0.3) is 0 Å². The minimum atomic E-state index is -0.452. The maximum Gasteiger partial charge on any atom is 0.118 e. The molecule has 1 rings (SSSR count). The molecule has 1 aliphatic rings. The number of aliphatic hydroxyl groups excluding tert-OH is 1. The molecule has 0 aromatic rings. The highest BCUT2D eigenvalue weighted by Gasteiger charge is 2.21. The van der Waals surface area contributed by atoms with E-state index in [4.69, 9.17) is 1.37 Å². The van der Waals surface area contributed by atoms with Crippen LogP contribution in [0.1, 0.15) is 27.1 Å². The van der Waals surface area contributed by atoms with Crippen LogP contribution >= 0.6 is 11.8 Å². The van der Waals surface area contributed by atoms with Gasteiger partial charge in [-0.05, 0) is 30.2 Å². The van der Waals surface area contributed by atoms with Gasteiger partial charge in [-0.3, -0.25) is 0 Å². The van der Waals surface area contributed by atoms with Crippen LogP contribution in [0.4, 0.5) is 0 Å². The molecule has 1 atom stereocenters. The Hall–Kier alpha value is -0.130. The van der Waals surface area contributed by atoms with Crippen molar-refractivity contribution in [2.75, 3.05) is 6.23 Å². The molecule has 1 aliphatic carbocycles. The lowest BCUT2D eigenvalue weighted by molar-refractivity contribution is 0.165. The third-order valence-electron chi connectivity index (χ3n) is 2.13. The Labute approximate surface area is 74.0 Å². The Bertz CT molecular complexity index is 179. The van der Waals surface area contributed by atoms with Crippen molar-refractivity contribution < 1.29 is 6.48 Å². The quantitative estimate of drug-likeness (QED) is 0.609. The molecule has 11 heavy (non-hydrogen) atoms. The van der Waals surface area contributed by atoms with Crippen molar-refractivity contribution in [3.63, 3.8) is 0 Å². The van der Waals surface area contributed by atoms with Crippen molar-refractivity contribution in [3.05, 3.63) is 0 Å². The molecule has 0 bridgehead atoms. The van der Waals surface area contributed by atoms with Gasteiger partial charge in [0.1, 0.15) is 6.10 Å². The molecular weight excluding hydrogens is 156 g/mol. The molecule has 0 amide bonds. The highest BCUT2D eigenvalue weighted by Crippen LogP contribution is 2.27. The summed E-state index contributed by atoms with van der Waals surface area (Å²) >= 11 is 1.24. The van der Waals surface area contributed by atoms with E-state index in [-0.39, 0.29) is 6.23 Å². The maximum absolute atomic E-state index is 9.53. The topological polar surface area (TPSA) is 20.2 Å². The van der Waals surface area contributed by atoms with Crippen molar-refractivity contribution >= 4 is 11.8 Å². The van der Waals surface area contributed by atoms with Crippen LogP contribution in [-0.4, -0.2) is 17.4 Å². The van der Waals surface area contributed by atoms with E-state index in [9.17, 15) is 5.11 Å². The smallest absolute Gasteiger partial charge is 0.118 e. The molecule has 0 radical (unpaired) electrons. The van der Waals surface area contributed by atoms with Gasteiger partial charge in [0.15, 0.2) is 0 Å². The number of aliphatic hydroxyl groups is 1. The van der Waals surface area contributed by atoms with Crippen LogP contribution in [0.3, 0.4) is 0 Å². The van der Waals surface area contributed by atoms with E-state index in [0.717, 1.165) is 12.8 Å². The van der Waals surface area contributed by atoms with E-state index >= 15 is 0 Å². The molecule has 0 spiro atoms. The molecule has 0 aromatic heterocycles. The summed E-state index contributed by atoms with van der Waals surface area (Å²) < 4.78 is 6.84. The highest BCUT2D eigenvalue weighted by molar-refractivity contribution is 8.03. The first kappa shape index (κ1) is 7.52. The zero-order chi connectivity index (χ0) is 8.81. The SMILES string of the molecule is [3H]CSC#CC(O)C1CCCC1. The number of hydrogen-bond donors (Lipinski definition) is 1. The highest BCUT2D eigenvalue weighted by atomic mass is 32.2. The number of hydrogen-bond acceptors (Lipinski definition) is 2. The van der Waals surface area contributed by atoms with Gasteiger partial charge in [0.2, 0.25) is 0 Å². The summed E-state index contributed by atoms with van der Waals surface area (Å²) in [7, 11) is 0. The maximum atomic E-state index is 9.53. The van der Waals surface area contributed by atoms with Gasteiger partial charge >= 0.3 is 0 Å². The van der Waals surface area contributed by atoms with Gasteiger partial charge in [-0.1, -0.05) is 30.5 Å². The van der Waals surface area contributed by atoms with Gasteiger partial charge in [0, 0.05) is 1.37 Å². The summed E-state index contributed by atoms with van der Waals surface area (Å²) in [5.74, 6) is 3.17. The van der Waals surface area contributed by atoms with Crippen LogP contribution < -0.4 is 0 Å². The summed E-state index contributed by atoms with van der Waals surface area (Å²) in [5.41, 5.74) is 0. The predicted octanol–water partition coefficient (Wildman–Crippen LogP) is 1.86. The Balaban J connectivity index is 2.27. The normalized spacial score (nSPS) is 22.1. The minimum absolute atomic E-state index is 0.254. The van der Waals surface area contributed by atoms with Gasteiger partial charge in [0.05, 0.1) is 0 Å². The van der Waals surface area contributed by atoms with Gasteiger partial charge < -0.3 is 5.11 Å². The van der Waals surface area contributed by atoms with Crippen LogP contribution in [0.15, 0.2) is 0 Å². The average Bonchev–Trinajstić information content (AvgIpc) is 2.56. The summed E-state index contributed by atoms with van der Waals surface area (Å²) in [6.45, 7) is 0. The summed E-state index contributed by atoms with van der Waals surface area (Å²) in [6.07, 6.45) is 4.49. The summed E-state index contributed by atoms with van der Waals surface area (Å²) in [6, 6.07) is 0. The fourth-order valence-electron chi connectivity index (χ4n) is 1.49. The van der Waals surface area contributed by atoms with Gasteiger partial charge in [-0.25, -0.2) is 0 Å². The summed E-state index contributed by atoms with van der Waals surface area (Å²) in [4.78, 5) is 0. The Morgan fingerprint density at radius 2 is 2.36 bits per heavy atom.